The average Bonchev–Trinajstić information content (AvgIpc) is 3.21. The molecule has 0 aliphatic carbocycles. The van der Waals surface area contributed by atoms with Gasteiger partial charge in [0, 0.05) is 10.0 Å². The van der Waals surface area contributed by atoms with Crippen LogP contribution in [-0.4, -0.2) is 26.8 Å². The Hall–Kier alpha value is -2.64. The number of aromatic nitrogens is 3. The molecular formula is C22H19BrN4OS. The van der Waals surface area contributed by atoms with Gasteiger partial charge in [0.05, 0.1) is 11.8 Å². The lowest BCUT2D eigenvalue weighted by molar-refractivity contribution is -0.119. The topological polar surface area (TPSA) is 70.7 Å². The standard InChI is InChI=1S/C22H19BrN4OS/c1-14(16-11-10-15-6-2-3-7-17(15)12-16)24-20(28)13-29-22-25-21(26-27-22)18-8-4-5-9-19(18)23/h2-12,14H,13H2,1H3,(H,24,28)(H,25,26,27). The van der Waals surface area contributed by atoms with Crippen molar-refractivity contribution in [3.05, 3.63) is 76.8 Å². The van der Waals surface area contributed by atoms with Crippen molar-refractivity contribution >= 4 is 44.4 Å². The zero-order valence-electron chi connectivity index (χ0n) is 15.7. The summed E-state index contributed by atoms with van der Waals surface area (Å²) in [5.74, 6) is 0.873. The maximum Gasteiger partial charge on any atom is 0.230 e. The lowest BCUT2D eigenvalue weighted by Crippen LogP contribution is -2.28. The van der Waals surface area contributed by atoms with Crippen molar-refractivity contribution in [2.75, 3.05) is 5.75 Å². The van der Waals surface area contributed by atoms with E-state index in [0.29, 0.717) is 11.0 Å². The van der Waals surface area contributed by atoms with E-state index >= 15 is 0 Å². The van der Waals surface area contributed by atoms with Crippen molar-refractivity contribution in [2.24, 2.45) is 0 Å². The predicted octanol–water partition coefficient (Wildman–Crippen LogP) is 5.36. The third-order valence-electron chi connectivity index (χ3n) is 4.58. The maximum atomic E-state index is 12.4. The number of benzene rings is 3. The number of thioether (sulfide) groups is 1. The molecule has 5 nitrogen and oxygen atoms in total. The van der Waals surface area contributed by atoms with Gasteiger partial charge in [0.1, 0.15) is 0 Å². The molecule has 1 amide bonds. The van der Waals surface area contributed by atoms with E-state index in [2.05, 4.69) is 66.8 Å². The molecule has 1 heterocycles. The fourth-order valence-corrected chi connectivity index (χ4v) is 4.14. The highest BCUT2D eigenvalue weighted by Gasteiger charge is 2.13. The van der Waals surface area contributed by atoms with Crippen LogP contribution < -0.4 is 5.32 Å². The molecule has 146 valence electrons. The molecule has 3 aromatic carbocycles. The first-order valence-electron chi connectivity index (χ1n) is 9.18. The number of halogens is 1. The second-order valence-electron chi connectivity index (χ2n) is 6.63. The van der Waals surface area contributed by atoms with Crippen LogP contribution >= 0.6 is 27.7 Å². The first-order valence-corrected chi connectivity index (χ1v) is 11.0. The minimum absolute atomic E-state index is 0.0529. The van der Waals surface area contributed by atoms with E-state index in [0.717, 1.165) is 15.6 Å². The minimum atomic E-state index is -0.0734. The average molecular weight is 467 g/mol. The van der Waals surface area contributed by atoms with E-state index in [1.165, 1.54) is 22.5 Å². The molecule has 2 N–H and O–H groups in total. The van der Waals surface area contributed by atoms with Gasteiger partial charge in [0.2, 0.25) is 11.1 Å². The Labute approximate surface area is 181 Å². The Morgan fingerprint density at radius 1 is 1.10 bits per heavy atom. The molecule has 4 rings (SSSR count). The second kappa shape index (κ2) is 8.80. The molecule has 1 unspecified atom stereocenters. The van der Waals surface area contributed by atoms with Crippen LogP contribution in [0.1, 0.15) is 18.5 Å². The molecule has 0 fully saturated rings. The summed E-state index contributed by atoms with van der Waals surface area (Å²) >= 11 is 4.82. The monoisotopic (exact) mass is 466 g/mol. The van der Waals surface area contributed by atoms with Gasteiger partial charge in [-0.25, -0.2) is 4.98 Å². The number of amides is 1. The number of fused-ring (bicyclic) bond motifs is 1. The summed E-state index contributed by atoms with van der Waals surface area (Å²) in [6.07, 6.45) is 0. The molecule has 4 aromatic rings. The highest BCUT2D eigenvalue weighted by Crippen LogP contribution is 2.26. The number of hydrogen-bond donors (Lipinski definition) is 2. The van der Waals surface area contributed by atoms with E-state index < -0.39 is 0 Å². The number of rotatable bonds is 6. The smallest absolute Gasteiger partial charge is 0.230 e. The van der Waals surface area contributed by atoms with E-state index in [-0.39, 0.29) is 17.7 Å². The molecule has 29 heavy (non-hydrogen) atoms. The van der Waals surface area contributed by atoms with Crippen LogP contribution in [0.3, 0.4) is 0 Å². The second-order valence-corrected chi connectivity index (χ2v) is 8.43. The summed E-state index contributed by atoms with van der Waals surface area (Å²) in [6.45, 7) is 1.99. The van der Waals surface area contributed by atoms with Crippen LogP contribution in [-0.2, 0) is 4.79 Å². The van der Waals surface area contributed by atoms with Crippen molar-refractivity contribution in [3.8, 4) is 11.4 Å². The fraction of sp³-hybridized carbons (Fsp3) is 0.136. The largest absolute Gasteiger partial charge is 0.349 e. The van der Waals surface area contributed by atoms with Crippen LogP contribution in [0.5, 0.6) is 0 Å². The molecule has 0 saturated carbocycles. The van der Waals surface area contributed by atoms with Crippen LogP contribution in [0.2, 0.25) is 0 Å². The Morgan fingerprint density at radius 3 is 2.69 bits per heavy atom. The van der Waals surface area contributed by atoms with Gasteiger partial charge in [0.15, 0.2) is 5.82 Å². The summed E-state index contributed by atoms with van der Waals surface area (Å²) < 4.78 is 0.939. The van der Waals surface area contributed by atoms with Crippen LogP contribution in [0, 0.1) is 0 Å². The third-order valence-corrected chi connectivity index (χ3v) is 6.12. The lowest BCUT2D eigenvalue weighted by atomic mass is 10.0. The van der Waals surface area contributed by atoms with Crippen molar-refractivity contribution in [1.29, 1.82) is 0 Å². The molecular weight excluding hydrogens is 448 g/mol. The normalized spacial score (nSPS) is 12.1. The van der Waals surface area contributed by atoms with E-state index in [9.17, 15) is 4.79 Å². The summed E-state index contributed by atoms with van der Waals surface area (Å²) in [7, 11) is 0. The molecule has 1 aromatic heterocycles. The Morgan fingerprint density at radius 2 is 1.86 bits per heavy atom. The van der Waals surface area contributed by atoms with Crippen molar-refractivity contribution in [1.82, 2.24) is 20.5 Å². The zero-order valence-corrected chi connectivity index (χ0v) is 18.1. The Kier molecular flexibility index (Phi) is 5.97. The SMILES string of the molecule is CC(NC(=O)CSc1n[nH]c(-c2ccccc2Br)n1)c1ccc2ccccc2c1. The number of H-pyrrole nitrogens is 1. The summed E-state index contributed by atoms with van der Waals surface area (Å²) in [5.41, 5.74) is 2.01. The first kappa shape index (κ1) is 19.7. The number of nitrogens with zero attached hydrogens (tertiary/aromatic N) is 2. The van der Waals surface area contributed by atoms with Crippen LogP contribution in [0.4, 0.5) is 0 Å². The molecule has 0 aliphatic heterocycles. The molecule has 7 heteroatoms. The number of carbonyl (C=O) groups excluding carboxylic acids is 1. The number of aromatic amines is 1. The van der Waals surface area contributed by atoms with Gasteiger partial charge in [-0.05, 0) is 35.4 Å². The zero-order chi connectivity index (χ0) is 20.2. The minimum Gasteiger partial charge on any atom is -0.349 e. The van der Waals surface area contributed by atoms with Crippen LogP contribution in [0.15, 0.2) is 76.4 Å². The molecule has 0 saturated heterocycles. The van der Waals surface area contributed by atoms with Crippen molar-refractivity contribution in [3.63, 3.8) is 0 Å². The quantitative estimate of drug-likeness (QED) is 0.375. The predicted molar refractivity (Wildman–Crippen MR) is 121 cm³/mol. The van der Waals surface area contributed by atoms with E-state index in [4.69, 9.17) is 0 Å². The molecule has 1 atom stereocenters. The lowest BCUT2D eigenvalue weighted by Gasteiger charge is -2.14. The van der Waals surface area contributed by atoms with E-state index in [1.54, 1.807) is 0 Å². The number of nitrogens with one attached hydrogen (secondary N) is 2. The fourth-order valence-electron chi connectivity index (χ4n) is 3.06. The number of hydrogen-bond acceptors (Lipinski definition) is 4. The van der Waals surface area contributed by atoms with Gasteiger partial charge in [0.25, 0.3) is 0 Å². The molecule has 0 bridgehead atoms. The summed E-state index contributed by atoms with van der Waals surface area (Å²) in [5, 5.41) is 13.1. The maximum absolute atomic E-state index is 12.4. The van der Waals surface area contributed by atoms with Gasteiger partial charge in [-0.3, -0.25) is 9.89 Å². The van der Waals surface area contributed by atoms with Gasteiger partial charge in [-0.1, -0.05) is 82.3 Å². The Bertz CT molecular complexity index is 1160. The molecule has 0 aliphatic rings. The van der Waals surface area contributed by atoms with Crippen molar-refractivity contribution in [2.45, 2.75) is 18.1 Å². The van der Waals surface area contributed by atoms with E-state index in [1.807, 2.05) is 43.3 Å². The molecule has 0 radical (unpaired) electrons. The van der Waals surface area contributed by atoms with Gasteiger partial charge < -0.3 is 5.32 Å². The molecule has 0 spiro atoms. The summed E-state index contributed by atoms with van der Waals surface area (Å²) in [4.78, 5) is 16.9. The van der Waals surface area contributed by atoms with Gasteiger partial charge in [-0.2, -0.15) is 0 Å². The first-order chi connectivity index (χ1) is 14.1. The highest BCUT2D eigenvalue weighted by molar-refractivity contribution is 9.10. The van der Waals surface area contributed by atoms with Gasteiger partial charge in [-0.15, -0.1) is 5.10 Å². The third kappa shape index (κ3) is 4.68. The van der Waals surface area contributed by atoms with Crippen molar-refractivity contribution < 1.29 is 4.79 Å². The van der Waals surface area contributed by atoms with Crippen LogP contribution in [0.25, 0.3) is 22.2 Å². The Balaban J connectivity index is 1.35. The number of carbonyl (C=O) groups is 1. The highest BCUT2D eigenvalue weighted by atomic mass is 79.9. The van der Waals surface area contributed by atoms with Gasteiger partial charge >= 0.3 is 0 Å². The summed E-state index contributed by atoms with van der Waals surface area (Å²) in [6, 6.07) is 22.2.